The van der Waals surface area contributed by atoms with Crippen LogP contribution < -0.4 is 0 Å². The zero-order valence-electron chi connectivity index (χ0n) is 32.7. The molecule has 4 aromatic heterocycles. The summed E-state index contributed by atoms with van der Waals surface area (Å²) in [5.74, 6) is 0.561. The van der Waals surface area contributed by atoms with E-state index < -0.39 is 0 Å². The number of aromatic nitrogens is 3. The van der Waals surface area contributed by atoms with E-state index in [1.807, 2.05) is 30.3 Å². The van der Waals surface area contributed by atoms with Crippen molar-refractivity contribution in [3.63, 3.8) is 0 Å². The number of hydrogen-bond acceptors (Lipinski definition) is 4. The molecular weight excluding hydrogens is 747 g/mol. The minimum atomic E-state index is 0.561. The molecule has 0 bridgehead atoms. The zero-order chi connectivity index (χ0) is 40.0. The van der Waals surface area contributed by atoms with E-state index in [-0.39, 0.29) is 0 Å². The topological polar surface area (TPSA) is 57.0 Å². The van der Waals surface area contributed by atoms with E-state index in [0.29, 0.717) is 11.4 Å². The van der Waals surface area contributed by atoms with Gasteiger partial charge in [0.05, 0.1) is 27.7 Å². The Hall–Kier alpha value is -8.28. The van der Waals surface area contributed by atoms with Gasteiger partial charge in [-0.25, -0.2) is 9.97 Å². The predicted octanol–water partition coefficient (Wildman–Crippen LogP) is 15.2. The molecular formula is C56H33N3O2. The molecule has 5 nitrogen and oxygen atoms in total. The highest BCUT2D eigenvalue weighted by Gasteiger charge is 2.25. The van der Waals surface area contributed by atoms with Crippen LogP contribution in [0.4, 0.5) is 0 Å². The molecule has 0 saturated heterocycles. The molecule has 61 heavy (non-hydrogen) atoms. The van der Waals surface area contributed by atoms with Gasteiger partial charge in [0, 0.05) is 27.1 Å². The van der Waals surface area contributed by atoms with Gasteiger partial charge in [-0.05, 0) is 81.6 Å². The second kappa shape index (κ2) is 13.1. The van der Waals surface area contributed by atoms with Gasteiger partial charge in [0.25, 0.3) is 0 Å². The average molecular weight is 780 g/mol. The van der Waals surface area contributed by atoms with E-state index in [4.69, 9.17) is 18.8 Å². The van der Waals surface area contributed by atoms with Crippen molar-refractivity contribution < 1.29 is 8.83 Å². The normalized spacial score (nSPS) is 11.9. The molecule has 0 unspecified atom stereocenters. The summed E-state index contributed by atoms with van der Waals surface area (Å²) in [5, 5.41) is 7.78. The van der Waals surface area contributed by atoms with Crippen LogP contribution in [-0.4, -0.2) is 14.5 Å². The third-order valence-corrected chi connectivity index (χ3v) is 12.2. The summed E-state index contributed by atoms with van der Waals surface area (Å²) in [6.07, 6.45) is 0. The molecule has 13 rings (SSSR count). The highest BCUT2D eigenvalue weighted by Crippen LogP contribution is 2.44. The maximum absolute atomic E-state index is 6.92. The molecule has 284 valence electrons. The van der Waals surface area contributed by atoms with E-state index in [2.05, 4.69) is 174 Å². The van der Waals surface area contributed by atoms with Crippen molar-refractivity contribution in [1.29, 1.82) is 0 Å². The monoisotopic (exact) mass is 779 g/mol. The van der Waals surface area contributed by atoms with Gasteiger partial charge >= 0.3 is 0 Å². The fourth-order valence-electron chi connectivity index (χ4n) is 9.31. The van der Waals surface area contributed by atoms with Crippen LogP contribution >= 0.6 is 0 Å². The zero-order valence-corrected chi connectivity index (χ0v) is 32.7. The van der Waals surface area contributed by atoms with Crippen LogP contribution in [0.1, 0.15) is 0 Å². The Bertz CT molecular complexity index is 3860. The molecule has 13 aromatic rings. The van der Waals surface area contributed by atoms with Crippen molar-refractivity contribution in [2.75, 3.05) is 0 Å². The first kappa shape index (κ1) is 33.7. The fraction of sp³-hybridized carbons (Fsp3) is 0. The molecule has 0 N–H and O–H groups in total. The van der Waals surface area contributed by atoms with Crippen LogP contribution in [0, 0.1) is 0 Å². The summed E-state index contributed by atoms with van der Waals surface area (Å²) in [4.78, 5) is 10.8. The summed E-state index contributed by atoms with van der Waals surface area (Å²) >= 11 is 0. The number of hydrogen-bond donors (Lipinski definition) is 0. The third-order valence-electron chi connectivity index (χ3n) is 12.2. The lowest BCUT2D eigenvalue weighted by Gasteiger charge is -2.13. The minimum Gasteiger partial charge on any atom is -0.455 e. The third kappa shape index (κ3) is 5.21. The fourth-order valence-corrected chi connectivity index (χ4v) is 9.31. The lowest BCUT2D eigenvalue weighted by Crippen LogP contribution is -1.98. The maximum atomic E-state index is 6.92. The maximum Gasteiger partial charge on any atom is 0.180 e. The molecule has 0 aliphatic rings. The van der Waals surface area contributed by atoms with Gasteiger partial charge < -0.3 is 13.4 Å². The molecule has 0 spiro atoms. The SMILES string of the molecule is c1ccc(-c2ccc(-c3nc(-c4ccc(-n5c6ccccc6c6cc7ccccc7cc65)c5c4oc4ccccc45)nc4c3oc3ccc(-c5ccccc5)cc34)cc2)cc1. The number of benzene rings is 9. The van der Waals surface area contributed by atoms with Gasteiger partial charge in [-0.3, -0.25) is 0 Å². The van der Waals surface area contributed by atoms with E-state index in [0.717, 1.165) is 94.2 Å². The van der Waals surface area contributed by atoms with Crippen LogP contribution in [0.25, 0.3) is 127 Å². The van der Waals surface area contributed by atoms with Gasteiger partial charge in [-0.1, -0.05) is 152 Å². The lowest BCUT2D eigenvalue weighted by molar-refractivity contribution is 0.666. The van der Waals surface area contributed by atoms with Crippen molar-refractivity contribution in [3.8, 4) is 50.6 Å². The van der Waals surface area contributed by atoms with Gasteiger partial charge in [-0.15, -0.1) is 0 Å². The largest absolute Gasteiger partial charge is 0.455 e. The first-order valence-electron chi connectivity index (χ1n) is 20.6. The number of nitrogens with zero attached hydrogens (tertiary/aromatic N) is 3. The van der Waals surface area contributed by atoms with Crippen LogP contribution in [0.3, 0.4) is 0 Å². The second-order valence-corrected chi connectivity index (χ2v) is 15.7. The molecule has 0 radical (unpaired) electrons. The smallest absolute Gasteiger partial charge is 0.180 e. The van der Waals surface area contributed by atoms with E-state index in [9.17, 15) is 0 Å². The van der Waals surface area contributed by atoms with Crippen molar-refractivity contribution in [1.82, 2.24) is 14.5 Å². The van der Waals surface area contributed by atoms with Crippen molar-refractivity contribution in [2.45, 2.75) is 0 Å². The van der Waals surface area contributed by atoms with Crippen LogP contribution in [0.15, 0.2) is 209 Å². The molecule has 0 fully saturated rings. The average Bonchev–Trinajstić information content (AvgIpc) is 4.00. The Kier molecular flexibility index (Phi) is 7.24. The molecule has 5 heteroatoms. The summed E-state index contributed by atoms with van der Waals surface area (Å²) in [6, 6.07) is 70.2. The Morgan fingerprint density at radius 1 is 0.377 bits per heavy atom. The van der Waals surface area contributed by atoms with Gasteiger partial charge in [0.2, 0.25) is 0 Å². The number of fused-ring (bicyclic) bond motifs is 10. The standard InChI is InChI=1S/C56H33N3O2/c1-3-13-34(14-4-1)36-23-25-37(26-24-36)52-55-53(45-32-40(27-30-50(45)61-55)35-15-5-2-6-16-35)58-56(57-52)43-28-29-47(51-42-20-10-12-22-49(42)60-54(43)51)59-46-21-11-9-19-41(46)44-31-38-17-7-8-18-39(38)33-48(44)59/h1-33H. The molecule has 0 aliphatic carbocycles. The van der Waals surface area contributed by atoms with Crippen LogP contribution in [0.2, 0.25) is 0 Å². The van der Waals surface area contributed by atoms with E-state index in [1.54, 1.807) is 0 Å². The van der Waals surface area contributed by atoms with Crippen molar-refractivity contribution in [3.05, 3.63) is 200 Å². The molecule has 0 atom stereocenters. The predicted molar refractivity (Wildman–Crippen MR) is 250 cm³/mol. The highest BCUT2D eigenvalue weighted by molar-refractivity contribution is 6.18. The Morgan fingerprint density at radius 2 is 0.984 bits per heavy atom. The van der Waals surface area contributed by atoms with E-state index in [1.165, 1.54) is 21.5 Å². The Labute approximate surface area is 349 Å². The van der Waals surface area contributed by atoms with Gasteiger partial charge in [-0.2, -0.15) is 0 Å². The van der Waals surface area contributed by atoms with Crippen molar-refractivity contribution >= 4 is 76.6 Å². The summed E-state index contributed by atoms with van der Waals surface area (Å²) in [6.45, 7) is 0. The lowest BCUT2D eigenvalue weighted by atomic mass is 10.0. The molecule has 9 aromatic carbocycles. The molecule has 0 saturated carbocycles. The number of rotatable bonds is 5. The Morgan fingerprint density at radius 3 is 1.79 bits per heavy atom. The molecule has 4 heterocycles. The van der Waals surface area contributed by atoms with Crippen molar-refractivity contribution in [2.24, 2.45) is 0 Å². The summed E-state index contributed by atoms with van der Waals surface area (Å²) < 4.78 is 16.0. The molecule has 0 amide bonds. The minimum absolute atomic E-state index is 0.561. The van der Waals surface area contributed by atoms with Crippen LogP contribution in [0.5, 0.6) is 0 Å². The van der Waals surface area contributed by atoms with Gasteiger partial charge in [0.15, 0.2) is 11.4 Å². The highest BCUT2D eigenvalue weighted by atomic mass is 16.3. The second-order valence-electron chi connectivity index (χ2n) is 15.7. The van der Waals surface area contributed by atoms with Crippen LogP contribution in [-0.2, 0) is 0 Å². The van der Waals surface area contributed by atoms with E-state index >= 15 is 0 Å². The summed E-state index contributed by atoms with van der Waals surface area (Å²) in [7, 11) is 0. The quantitative estimate of drug-likeness (QED) is 0.175. The summed E-state index contributed by atoms with van der Waals surface area (Å²) in [5.41, 5.74) is 13.9. The number of para-hydroxylation sites is 2. The molecule has 0 aliphatic heterocycles. The van der Waals surface area contributed by atoms with Gasteiger partial charge in [0.1, 0.15) is 28.0 Å². The number of furan rings is 2. The first-order valence-corrected chi connectivity index (χ1v) is 20.6. The first-order chi connectivity index (χ1) is 30.2. The Balaban J connectivity index is 1.09.